The highest BCUT2D eigenvalue weighted by molar-refractivity contribution is 5.81. The Morgan fingerprint density at radius 2 is 1.81 bits per heavy atom. The fourth-order valence-corrected chi connectivity index (χ4v) is 6.64. The standard InChI is InChI=1S/C24H31N3O5/c25-21(28)24-10-16-8-17(11-24)20(18(9-16)12-24)32-23(30)27-7-6-19(13-27)26-22(29)31-14-15-4-2-1-3-5-15/h1-5,16-20H,6-14H2,(H2,25,28)(H,26,29)/t16?,17-,18-,19?,20?,24?/m1/s1. The first kappa shape index (κ1) is 21.1. The zero-order valence-corrected chi connectivity index (χ0v) is 18.2. The van der Waals surface area contributed by atoms with Gasteiger partial charge in [-0.3, -0.25) is 4.79 Å². The molecule has 1 aromatic rings. The average Bonchev–Trinajstić information content (AvgIpc) is 3.23. The van der Waals surface area contributed by atoms with Crippen LogP contribution in [0.15, 0.2) is 30.3 Å². The van der Waals surface area contributed by atoms with Crippen molar-refractivity contribution in [3.05, 3.63) is 35.9 Å². The number of primary amides is 1. The Balaban J connectivity index is 1.10. The summed E-state index contributed by atoms with van der Waals surface area (Å²) >= 11 is 0. The van der Waals surface area contributed by atoms with Crippen LogP contribution in [-0.2, 0) is 20.9 Å². The molecule has 0 spiro atoms. The minimum absolute atomic E-state index is 0.130. The Bertz CT molecular complexity index is 875. The number of alkyl carbamates (subject to hydrolysis) is 1. The van der Waals surface area contributed by atoms with E-state index in [1.54, 1.807) is 4.90 Å². The molecule has 1 unspecified atom stereocenters. The minimum Gasteiger partial charge on any atom is -0.446 e. The maximum Gasteiger partial charge on any atom is 0.410 e. The second-order valence-electron chi connectivity index (χ2n) is 10.1. The molecular weight excluding hydrogens is 410 g/mol. The Morgan fingerprint density at radius 3 is 2.50 bits per heavy atom. The minimum atomic E-state index is -0.480. The first-order chi connectivity index (χ1) is 15.4. The van der Waals surface area contributed by atoms with Crippen molar-refractivity contribution in [2.45, 2.75) is 57.3 Å². The number of nitrogens with two attached hydrogens (primary N) is 1. The van der Waals surface area contributed by atoms with Crippen LogP contribution >= 0.6 is 0 Å². The summed E-state index contributed by atoms with van der Waals surface area (Å²) in [6.07, 6.45) is 4.14. The maximum atomic E-state index is 12.9. The van der Waals surface area contributed by atoms with Crippen LogP contribution in [0.2, 0.25) is 0 Å². The van der Waals surface area contributed by atoms with Gasteiger partial charge in [0, 0.05) is 13.1 Å². The lowest BCUT2D eigenvalue weighted by Crippen LogP contribution is -2.59. The Morgan fingerprint density at radius 1 is 1.09 bits per heavy atom. The number of nitrogens with zero attached hydrogens (tertiary/aromatic N) is 1. The molecule has 3 atom stereocenters. The molecule has 1 aromatic carbocycles. The molecule has 1 saturated heterocycles. The first-order valence-corrected chi connectivity index (χ1v) is 11.6. The molecule has 172 valence electrons. The van der Waals surface area contributed by atoms with Gasteiger partial charge in [-0.25, -0.2) is 9.59 Å². The van der Waals surface area contributed by atoms with Crippen LogP contribution in [0.3, 0.4) is 0 Å². The fourth-order valence-electron chi connectivity index (χ4n) is 6.64. The first-order valence-electron chi connectivity index (χ1n) is 11.6. The van der Waals surface area contributed by atoms with Gasteiger partial charge in [0.25, 0.3) is 0 Å². The zero-order valence-electron chi connectivity index (χ0n) is 18.2. The maximum absolute atomic E-state index is 12.9. The highest BCUT2D eigenvalue weighted by Crippen LogP contribution is 2.60. The Hall–Kier alpha value is -2.77. The van der Waals surface area contributed by atoms with Crippen molar-refractivity contribution >= 4 is 18.1 Å². The summed E-state index contributed by atoms with van der Waals surface area (Å²) in [5, 5.41) is 2.84. The van der Waals surface area contributed by atoms with Crippen molar-refractivity contribution in [1.82, 2.24) is 10.2 Å². The van der Waals surface area contributed by atoms with Gasteiger partial charge in [0.15, 0.2) is 0 Å². The van der Waals surface area contributed by atoms with E-state index in [9.17, 15) is 14.4 Å². The molecule has 3 amide bonds. The second kappa shape index (κ2) is 8.30. The summed E-state index contributed by atoms with van der Waals surface area (Å²) in [6.45, 7) is 1.16. The van der Waals surface area contributed by atoms with Gasteiger partial charge < -0.3 is 25.4 Å². The summed E-state index contributed by atoms with van der Waals surface area (Å²) in [5.74, 6) is 0.788. The number of hydrogen-bond acceptors (Lipinski definition) is 5. The number of carbonyl (C=O) groups is 3. The number of ether oxygens (including phenoxy) is 2. The van der Waals surface area contributed by atoms with Crippen LogP contribution in [-0.4, -0.2) is 48.2 Å². The second-order valence-corrected chi connectivity index (χ2v) is 10.1. The van der Waals surface area contributed by atoms with Gasteiger partial charge in [0.05, 0.1) is 11.5 Å². The highest BCUT2D eigenvalue weighted by atomic mass is 16.6. The van der Waals surface area contributed by atoms with E-state index in [0.29, 0.717) is 25.4 Å². The Labute approximate surface area is 187 Å². The average molecular weight is 442 g/mol. The van der Waals surface area contributed by atoms with Gasteiger partial charge in [-0.15, -0.1) is 0 Å². The monoisotopic (exact) mass is 441 g/mol. The highest BCUT2D eigenvalue weighted by Gasteiger charge is 2.59. The largest absolute Gasteiger partial charge is 0.446 e. The molecule has 4 aliphatic carbocycles. The molecule has 5 fully saturated rings. The number of likely N-dealkylation sites (tertiary alicyclic amines) is 1. The number of nitrogens with one attached hydrogen (secondary N) is 1. The van der Waals surface area contributed by atoms with Crippen molar-refractivity contribution < 1.29 is 23.9 Å². The molecule has 4 bridgehead atoms. The van der Waals surface area contributed by atoms with E-state index in [0.717, 1.165) is 37.7 Å². The van der Waals surface area contributed by atoms with E-state index in [2.05, 4.69) is 5.32 Å². The molecule has 6 rings (SSSR count). The third-order valence-corrected chi connectivity index (χ3v) is 7.93. The molecular formula is C24H31N3O5. The number of carbonyl (C=O) groups excluding carboxylic acids is 3. The van der Waals surface area contributed by atoms with Crippen molar-refractivity contribution in [3.63, 3.8) is 0 Å². The normalized spacial score (nSPS) is 34.9. The predicted molar refractivity (Wildman–Crippen MR) is 115 cm³/mol. The predicted octanol–water partition coefficient (Wildman–Crippen LogP) is 2.80. The lowest BCUT2D eigenvalue weighted by molar-refractivity contribution is -0.161. The van der Waals surface area contributed by atoms with Crippen LogP contribution in [0.4, 0.5) is 9.59 Å². The van der Waals surface area contributed by atoms with Crippen LogP contribution < -0.4 is 11.1 Å². The fraction of sp³-hybridized carbons (Fsp3) is 0.625. The van der Waals surface area contributed by atoms with Gasteiger partial charge >= 0.3 is 12.2 Å². The number of hydrogen-bond donors (Lipinski definition) is 2. The smallest absolute Gasteiger partial charge is 0.410 e. The lowest BCUT2D eigenvalue weighted by Gasteiger charge is -2.58. The van der Waals surface area contributed by atoms with Crippen LogP contribution in [0.5, 0.6) is 0 Å². The third-order valence-electron chi connectivity index (χ3n) is 7.93. The summed E-state index contributed by atoms with van der Waals surface area (Å²) in [6, 6.07) is 9.35. The number of rotatable bonds is 5. The van der Waals surface area contributed by atoms with Gasteiger partial charge in [-0.2, -0.15) is 0 Å². The van der Waals surface area contributed by atoms with Crippen molar-refractivity contribution in [2.24, 2.45) is 28.9 Å². The van der Waals surface area contributed by atoms with E-state index >= 15 is 0 Å². The summed E-state index contributed by atoms with van der Waals surface area (Å²) in [5.41, 5.74) is 6.29. The SMILES string of the molecule is NC(=O)C12CC3C[C@H](C1)C(OC(=O)N1CCC(NC(=O)OCc4ccccc4)C1)[C@H](C3)C2. The van der Waals surface area contributed by atoms with E-state index in [-0.39, 0.29) is 48.0 Å². The van der Waals surface area contributed by atoms with Crippen molar-refractivity contribution in [1.29, 1.82) is 0 Å². The molecule has 0 radical (unpaired) electrons. The summed E-state index contributed by atoms with van der Waals surface area (Å²) in [7, 11) is 0. The third kappa shape index (κ3) is 4.02. The van der Waals surface area contributed by atoms with Gasteiger partial charge in [0.2, 0.25) is 5.91 Å². The molecule has 8 nitrogen and oxygen atoms in total. The molecule has 5 aliphatic rings. The number of benzene rings is 1. The molecule has 0 aromatic heterocycles. The summed E-state index contributed by atoms with van der Waals surface area (Å²) in [4.78, 5) is 38.7. The molecule has 4 saturated carbocycles. The quantitative estimate of drug-likeness (QED) is 0.730. The molecule has 32 heavy (non-hydrogen) atoms. The van der Waals surface area contributed by atoms with Crippen LogP contribution in [0.1, 0.15) is 44.1 Å². The molecule has 1 heterocycles. The summed E-state index contributed by atoms with van der Waals surface area (Å²) < 4.78 is 11.3. The molecule has 1 aliphatic heterocycles. The van der Waals surface area contributed by atoms with Crippen LogP contribution in [0.25, 0.3) is 0 Å². The Kier molecular flexibility index (Phi) is 5.47. The van der Waals surface area contributed by atoms with E-state index in [4.69, 9.17) is 15.2 Å². The van der Waals surface area contributed by atoms with Gasteiger partial charge in [-0.05, 0) is 61.8 Å². The van der Waals surface area contributed by atoms with Crippen molar-refractivity contribution in [2.75, 3.05) is 13.1 Å². The van der Waals surface area contributed by atoms with E-state index < -0.39 is 6.09 Å². The van der Waals surface area contributed by atoms with E-state index in [1.807, 2.05) is 30.3 Å². The van der Waals surface area contributed by atoms with Crippen molar-refractivity contribution in [3.8, 4) is 0 Å². The van der Waals surface area contributed by atoms with Crippen LogP contribution in [0, 0.1) is 23.2 Å². The zero-order chi connectivity index (χ0) is 22.3. The number of amides is 3. The van der Waals surface area contributed by atoms with Gasteiger partial charge in [-0.1, -0.05) is 30.3 Å². The molecule has 3 N–H and O–H groups in total. The van der Waals surface area contributed by atoms with E-state index in [1.165, 1.54) is 0 Å². The lowest BCUT2D eigenvalue weighted by atomic mass is 9.48. The van der Waals surface area contributed by atoms with Gasteiger partial charge in [0.1, 0.15) is 12.7 Å². The topological polar surface area (TPSA) is 111 Å². The molecule has 8 heteroatoms.